The summed E-state index contributed by atoms with van der Waals surface area (Å²) >= 11 is 1.69. The Balaban J connectivity index is 1.73. The summed E-state index contributed by atoms with van der Waals surface area (Å²) in [5, 5.41) is 4.47. The fourth-order valence-corrected chi connectivity index (χ4v) is 3.14. The Hall–Kier alpha value is -1.29. The van der Waals surface area contributed by atoms with Crippen LogP contribution in [0.15, 0.2) is 18.2 Å². The molecule has 1 N–H and O–H groups in total. The van der Waals surface area contributed by atoms with Gasteiger partial charge in [-0.15, -0.1) is 0 Å². The number of hydrogen-bond acceptors (Lipinski definition) is 4. The summed E-state index contributed by atoms with van der Waals surface area (Å²) in [7, 11) is 1.69. The molecule has 0 radical (unpaired) electrons. The van der Waals surface area contributed by atoms with E-state index in [1.54, 1.807) is 18.4 Å². The van der Waals surface area contributed by atoms with Crippen molar-refractivity contribution >= 4 is 26.7 Å². The van der Waals surface area contributed by atoms with Gasteiger partial charge in [-0.3, -0.25) is 0 Å². The van der Waals surface area contributed by atoms with E-state index in [1.807, 2.05) is 18.2 Å². The van der Waals surface area contributed by atoms with E-state index < -0.39 is 0 Å². The molecule has 0 saturated heterocycles. The summed E-state index contributed by atoms with van der Waals surface area (Å²) in [5.41, 5.74) is 1.56. The minimum absolute atomic E-state index is 0.521. The quantitative estimate of drug-likeness (QED) is 0.911. The van der Waals surface area contributed by atoms with Gasteiger partial charge in [0, 0.05) is 6.54 Å². The van der Waals surface area contributed by atoms with Crippen LogP contribution in [-0.4, -0.2) is 18.6 Å². The number of thiazole rings is 1. The Morgan fingerprint density at radius 1 is 1.50 bits per heavy atom. The molecule has 3 nitrogen and oxygen atoms in total. The van der Waals surface area contributed by atoms with E-state index in [0.29, 0.717) is 5.41 Å². The number of nitrogens with zero attached hydrogens (tertiary/aromatic N) is 1. The molecule has 1 aliphatic rings. The highest BCUT2D eigenvalue weighted by Crippen LogP contribution is 2.51. The first-order chi connectivity index (χ1) is 8.58. The molecule has 0 spiro atoms. The smallest absolute Gasteiger partial charge is 0.183 e. The fraction of sp³-hybridized carbons (Fsp3) is 0.500. The van der Waals surface area contributed by atoms with Crippen LogP contribution < -0.4 is 10.1 Å². The summed E-state index contributed by atoms with van der Waals surface area (Å²) < 4.78 is 6.40. The number of fused-ring (bicyclic) bond motifs is 1. The highest BCUT2D eigenvalue weighted by atomic mass is 32.1. The maximum atomic E-state index is 5.23. The van der Waals surface area contributed by atoms with Gasteiger partial charge in [-0.05, 0) is 36.0 Å². The van der Waals surface area contributed by atoms with E-state index in [2.05, 4.69) is 24.1 Å². The van der Waals surface area contributed by atoms with Crippen LogP contribution in [0.4, 0.5) is 5.13 Å². The second-order valence-corrected chi connectivity index (χ2v) is 6.65. The van der Waals surface area contributed by atoms with Crippen molar-refractivity contribution < 1.29 is 4.74 Å². The first kappa shape index (κ1) is 11.8. The van der Waals surface area contributed by atoms with Crippen molar-refractivity contribution in [1.82, 2.24) is 4.98 Å². The topological polar surface area (TPSA) is 34.1 Å². The normalized spacial score (nSPS) is 20.9. The highest BCUT2D eigenvalue weighted by Gasteiger charge is 2.45. The number of benzene rings is 1. The van der Waals surface area contributed by atoms with Crippen LogP contribution in [0.25, 0.3) is 10.2 Å². The van der Waals surface area contributed by atoms with Gasteiger partial charge in [0.2, 0.25) is 0 Å². The molecule has 1 aromatic carbocycles. The predicted molar refractivity (Wildman–Crippen MR) is 76.5 cm³/mol. The Kier molecular flexibility index (Phi) is 2.70. The van der Waals surface area contributed by atoms with Crippen molar-refractivity contribution in [1.29, 1.82) is 0 Å². The molecule has 1 aliphatic carbocycles. The van der Waals surface area contributed by atoms with Crippen molar-refractivity contribution in [3.63, 3.8) is 0 Å². The van der Waals surface area contributed by atoms with Gasteiger partial charge in [0.1, 0.15) is 5.75 Å². The molecule has 0 bridgehead atoms. The maximum absolute atomic E-state index is 5.23. The lowest BCUT2D eigenvalue weighted by Gasteiger charge is -2.03. The second kappa shape index (κ2) is 4.12. The molecule has 1 unspecified atom stereocenters. The van der Waals surface area contributed by atoms with Gasteiger partial charge < -0.3 is 10.1 Å². The fourth-order valence-electron chi connectivity index (χ4n) is 2.24. The lowest BCUT2D eigenvalue weighted by atomic mass is 10.1. The van der Waals surface area contributed by atoms with Gasteiger partial charge in [0.15, 0.2) is 5.13 Å². The van der Waals surface area contributed by atoms with E-state index in [4.69, 9.17) is 4.74 Å². The van der Waals surface area contributed by atoms with E-state index in [-0.39, 0.29) is 0 Å². The average molecular weight is 262 g/mol. The zero-order chi connectivity index (χ0) is 12.8. The van der Waals surface area contributed by atoms with Crippen molar-refractivity contribution in [2.24, 2.45) is 11.3 Å². The molecule has 18 heavy (non-hydrogen) atoms. The molecule has 3 rings (SSSR count). The van der Waals surface area contributed by atoms with Gasteiger partial charge in [-0.2, -0.15) is 0 Å². The number of ether oxygens (including phenoxy) is 1. The number of methoxy groups -OCH3 is 1. The maximum Gasteiger partial charge on any atom is 0.183 e. The Bertz CT molecular complexity index is 576. The molecule has 1 heterocycles. The molecule has 1 saturated carbocycles. The summed E-state index contributed by atoms with van der Waals surface area (Å²) in [6.07, 6.45) is 1.32. The van der Waals surface area contributed by atoms with Gasteiger partial charge in [0.05, 0.1) is 17.3 Å². The third-order valence-electron chi connectivity index (χ3n) is 3.81. The molecule has 1 fully saturated rings. The van der Waals surface area contributed by atoms with Crippen molar-refractivity contribution in [2.45, 2.75) is 20.3 Å². The first-order valence-corrected chi connectivity index (χ1v) is 7.08. The van der Waals surface area contributed by atoms with Crippen LogP contribution in [0, 0.1) is 11.3 Å². The lowest BCUT2D eigenvalue weighted by molar-refractivity contribution is 0.415. The number of nitrogens with one attached hydrogen (secondary N) is 1. The molecule has 1 aromatic heterocycles. The molecule has 0 aliphatic heterocycles. The van der Waals surface area contributed by atoms with Gasteiger partial charge >= 0.3 is 0 Å². The van der Waals surface area contributed by atoms with Gasteiger partial charge in [0.25, 0.3) is 0 Å². The van der Waals surface area contributed by atoms with Crippen LogP contribution in [0.3, 0.4) is 0 Å². The summed E-state index contributed by atoms with van der Waals surface area (Å²) in [4.78, 5) is 4.59. The number of hydrogen-bond donors (Lipinski definition) is 1. The van der Waals surface area contributed by atoms with Crippen molar-refractivity contribution in [3.8, 4) is 5.75 Å². The monoisotopic (exact) mass is 262 g/mol. The third kappa shape index (κ3) is 2.17. The largest absolute Gasteiger partial charge is 0.497 e. The average Bonchev–Trinajstić information content (AvgIpc) is 2.79. The van der Waals surface area contributed by atoms with Gasteiger partial charge in [-0.25, -0.2) is 4.98 Å². The van der Waals surface area contributed by atoms with Crippen LogP contribution in [0.5, 0.6) is 5.75 Å². The molecule has 1 atom stereocenters. The van der Waals surface area contributed by atoms with Crippen LogP contribution in [-0.2, 0) is 0 Å². The predicted octanol–water partition coefficient (Wildman–Crippen LogP) is 3.76. The number of anilines is 1. The first-order valence-electron chi connectivity index (χ1n) is 6.27. The zero-order valence-electron chi connectivity index (χ0n) is 11.0. The van der Waals surface area contributed by atoms with E-state index in [9.17, 15) is 0 Å². The standard InChI is InChI=1S/C14H18N2OS/c1-14(2)7-9(14)8-15-13-16-11-5-4-10(17-3)6-12(11)18-13/h4-6,9H,7-8H2,1-3H3,(H,15,16). The molecule has 2 aromatic rings. The van der Waals surface area contributed by atoms with E-state index in [1.165, 1.54) is 11.1 Å². The number of rotatable bonds is 4. The second-order valence-electron chi connectivity index (χ2n) is 5.62. The summed E-state index contributed by atoms with van der Waals surface area (Å²) in [5.74, 6) is 1.68. The summed E-state index contributed by atoms with van der Waals surface area (Å²) in [6, 6.07) is 6.01. The Morgan fingerprint density at radius 3 is 2.94 bits per heavy atom. The molecular formula is C14H18N2OS. The molecule has 4 heteroatoms. The number of aromatic nitrogens is 1. The van der Waals surface area contributed by atoms with Crippen LogP contribution in [0.2, 0.25) is 0 Å². The minimum Gasteiger partial charge on any atom is -0.497 e. The minimum atomic E-state index is 0.521. The van der Waals surface area contributed by atoms with Crippen LogP contribution in [0.1, 0.15) is 20.3 Å². The summed E-state index contributed by atoms with van der Waals surface area (Å²) in [6.45, 7) is 5.68. The molecule has 0 amide bonds. The van der Waals surface area contributed by atoms with E-state index >= 15 is 0 Å². The van der Waals surface area contributed by atoms with Crippen molar-refractivity contribution in [3.05, 3.63) is 18.2 Å². The Morgan fingerprint density at radius 2 is 2.28 bits per heavy atom. The van der Waals surface area contributed by atoms with Gasteiger partial charge in [-0.1, -0.05) is 25.2 Å². The third-order valence-corrected chi connectivity index (χ3v) is 4.79. The molecule has 96 valence electrons. The van der Waals surface area contributed by atoms with E-state index in [0.717, 1.165) is 28.9 Å². The SMILES string of the molecule is COc1ccc2nc(NCC3CC3(C)C)sc2c1. The lowest BCUT2D eigenvalue weighted by Crippen LogP contribution is -2.06. The highest BCUT2D eigenvalue weighted by molar-refractivity contribution is 7.22. The Labute approximate surface area is 111 Å². The van der Waals surface area contributed by atoms with Crippen LogP contribution >= 0.6 is 11.3 Å². The zero-order valence-corrected chi connectivity index (χ0v) is 11.8. The molecular weight excluding hydrogens is 244 g/mol. The van der Waals surface area contributed by atoms with Crippen molar-refractivity contribution in [2.75, 3.05) is 19.0 Å².